The summed E-state index contributed by atoms with van der Waals surface area (Å²) < 4.78 is 7.13. The van der Waals surface area contributed by atoms with Crippen LogP contribution in [0, 0.1) is 6.92 Å². The number of allylic oxidation sites excluding steroid dienone is 1. The van der Waals surface area contributed by atoms with Crippen molar-refractivity contribution in [3.05, 3.63) is 126 Å². The smallest absolute Gasteiger partial charge is 0.261 e. The van der Waals surface area contributed by atoms with E-state index in [1.54, 1.807) is 0 Å². The maximum absolute atomic E-state index is 7.13. The lowest BCUT2D eigenvalue weighted by molar-refractivity contribution is 0.293. The lowest BCUT2D eigenvalue weighted by atomic mass is 9.96. The molecule has 2 nitrogen and oxygen atoms in total. The first kappa shape index (κ1) is 25.8. The second kappa shape index (κ2) is 11.6. The van der Waals surface area contributed by atoms with Crippen LogP contribution >= 0.6 is 0 Å². The van der Waals surface area contributed by atoms with Gasteiger partial charge in [-0.3, -0.25) is 4.98 Å². The predicted octanol–water partition coefficient (Wildman–Crippen LogP) is 7.29. The first-order chi connectivity index (χ1) is 17.4. The fourth-order valence-electron chi connectivity index (χ4n) is 5.11. The van der Waals surface area contributed by atoms with Gasteiger partial charge >= 0.3 is 0 Å². The van der Waals surface area contributed by atoms with Crippen LogP contribution in [0.2, 0.25) is 5.04 Å². The summed E-state index contributed by atoms with van der Waals surface area (Å²) in [6.45, 7) is 9.88. The molecule has 0 aliphatic carbocycles. The van der Waals surface area contributed by atoms with E-state index in [2.05, 4.69) is 130 Å². The minimum Gasteiger partial charge on any atom is -0.407 e. The van der Waals surface area contributed by atoms with Gasteiger partial charge < -0.3 is 4.43 Å². The van der Waals surface area contributed by atoms with Crippen molar-refractivity contribution in [1.82, 2.24) is 4.98 Å². The molecule has 3 aromatic carbocycles. The Hall–Kier alpha value is -3.27. The molecule has 0 saturated carbocycles. The molecule has 0 amide bonds. The Balaban J connectivity index is 1.62. The van der Waals surface area contributed by atoms with Crippen LogP contribution in [0.5, 0.6) is 0 Å². The third kappa shape index (κ3) is 5.75. The van der Waals surface area contributed by atoms with E-state index in [9.17, 15) is 0 Å². The summed E-state index contributed by atoms with van der Waals surface area (Å²) in [4.78, 5) is 4.55. The number of aromatic nitrogens is 1. The maximum Gasteiger partial charge on any atom is 0.261 e. The average Bonchev–Trinajstić information content (AvgIpc) is 2.89. The molecule has 0 N–H and O–H groups in total. The second-order valence-electron chi connectivity index (χ2n) is 10.4. The van der Waals surface area contributed by atoms with E-state index in [0.717, 1.165) is 18.5 Å². The summed E-state index contributed by atoms with van der Waals surface area (Å²) in [5.74, 6) is 0. The van der Waals surface area contributed by atoms with Crippen LogP contribution in [0.1, 0.15) is 50.4 Å². The SMILES string of the molecule is Cc1ccccc1/C(=C\c1ccccn1)CCCO[Si](c1ccccc1)(c1ccccc1)C(C)(C)C. The van der Waals surface area contributed by atoms with Crippen molar-refractivity contribution >= 4 is 30.3 Å². The largest absolute Gasteiger partial charge is 0.407 e. The summed E-state index contributed by atoms with van der Waals surface area (Å²) in [6.07, 6.45) is 5.95. The third-order valence-electron chi connectivity index (χ3n) is 6.83. The molecule has 0 spiro atoms. The molecular formula is C33H37NOSi. The van der Waals surface area contributed by atoms with Gasteiger partial charge in [-0.15, -0.1) is 0 Å². The number of nitrogens with zero attached hydrogens (tertiary/aromatic N) is 1. The zero-order valence-electron chi connectivity index (χ0n) is 21.9. The van der Waals surface area contributed by atoms with Gasteiger partial charge in [-0.25, -0.2) is 0 Å². The molecule has 1 heterocycles. The van der Waals surface area contributed by atoms with Gasteiger partial charge in [-0.1, -0.05) is 112 Å². The molecule has 184 valence electrons. The highest BCUT2D eigenvalue weighted by Gasteiger charge is 2.49. The summed E-state index contributed by atoms with van der Waals surface area (Å²) in [5, 5.41) is 2.64. The Kier molecular flexibility index (Phi) is 8.35. The van der Waals surface area contributed by atoms with Gasteiger partial charge in [0.05, 0.1) is 5.69 Å². The number of rotatable bonds is 9. The quantitative estimate of drug-likeness (QED) is 0.181. The summed E-state index contributed by atoms with van der Waals surface area (Å²) in [7, 11) is -2.52. The molecule has 0 saturated heterocycles. The van der Waals surface area contributed by atoms with Gasteiger partial charge in [-0.2, -0.15) is 0 Å². The summed E-state index contributed by atoms with van der Waals surface area (Å²) in [6, 6.07) is 36.4. The first-order valence-electron chi connectivity index (χ1n) is 12.8. The fourth-order valence-corrected chi connectivity index (χ4v) is 9.71. The Morgan fingerprint density at radius 2 is 1.36 bits per heavy atom. The van der Waals surface area contributed by atoms with Crippen LogP contribution in [0.3, 0.4) is 0 Å². The van der Waals surface area contributed by atoms with Crippen LogP contribution in [0.25, 0.3) is 11.6 Å². The predicted molar refractivity (Wildman–Crippen MR) is 156 cm³/mol. The first-order valence-corrected chi connectivity index (χ1v) is 14.8. The molecule has 36 heavy (non-hydrogen) atoms. The van der Waals surface area contributed by atoms with Crippen molar-refractivity contribution in [3.8, 4) is 0 Å². The van der Waals surface area contributed by atoms with E-state index >= 15 is 0 Å². The van der Waals surface area contributed by atoms with Crippen LogP contribution < -0.4 is 10.4 Å². The lowest BCUT2D eigenvalue weighted by Crippen LogP contribution is -2.66. The van der Waals surface area contributed by atoms with E-state index in [4.69, 9.17) is 4.43 Å². The molecule has 3 heteroatoms. The van der Waals surface area contributed by atoms with Gasteiger partial charge in [0.25, 0.3) is 8.32 Å². The highest BCUT2D eigenvalue weighted by molar-refractivity contribution is 6.99. The van der Waals surface area contributed by atoms with Crippen molar-refractivity contribution in [1.29, 1.82) is 0 Å². The van der Waals surface area contributed by atoms with Gasteiger partial charge in [0.2, 0.25) is 0 Å². The van der Waals surface area contributed by atoms with E-state index in [0.29, 0.717) is 6.61 Å². The molecule has 0 unspecified atom stereocenters. The zero-order valence-corrected chi connectivity index (χ0v) is 22.9. The number of benzene rings is 3. The molecular weight excluding hydrogens is 454 g/mol. The summed E-state index contributed by atoms with van der Waals surface area (Å²) >= 11 is 0. The van der Waals surface area contributed by atoms with Gasteiger partial charge in [0.15, 0.2) is 0 Å². The van der Waals surface area contributed by atoms with Crippen LogP contribution in [-0.4, -0.2) is 19.9 Å². The van der Waals surface area contributed by atoms with Gasteiger partial charge in [0.1, 0.15) is 0 Å². The standard InChI is InChI=1S/C33H37NOSi/c1-27-16-11-12-23-32(27)28(26-29-18-13-14-24-34-29)17-15-25-35-36(33(2,3)4,30-19-7-5-8-20-30)31-21-9-6-10-22-31/h5-14,16,18-24,26H,15,17,25H2,1-4H3/b28-26-. The number of pyridine rings is 1. The molecule has 0 fully saturated rings. The molecule has 0 aliphatic heterocycles. The van der Waals surface area contributed by atoms with Crippen molar-refractivity contribution < 1.29 is 4.43 Å². The van der Waals surface area contributed by atoms with E-state index < -0.39 is 8.32 Å². The second-order valence-corrected chi connectivity index (χ2v) is 14.7. The Labute approximate surface area is 217 Å². The van der Waals surface area contributed by atoms with Gasteiger partial charge in [-0.05, 0) is 70.1 Å². The Bertz CT molecular complexity index is 1220. The third-order valence-corrected chi connectivity index (χ3v) is 11.9. The number of hydrogen-bond acceptors (Lipinski definition) is 2. The molecule has 0 atom stereocenters. The van der Waals surface area contributed by atoms with Gasteiger partial charge in [0, 0.05) is 12.8 Å². The molecule has 4 rings (SSSR count). The van der Waals surface area contributed by atoms with E-state index in [1.807, 2.05) is 18.3 Å². The highest BCUT2D eigenvalue weighted by atomic mass is 28.4. The monoisotopic (exact) mass is 491 g/mol. The van der Waals surface area contributed by atoms with Crippen molar-refractivity contribution in [3.63, 3.8) is 0 Å². The Morgan fingerprint density at radius 3 is 1.92 bits per heavy atom. The number of aryl methyl sites for hydroxylation is 1. The zero-order chi connectivity index (χ0) is 25.4. The minimum atomic E-state index is -2.52. The van der Waals surface area contributed by atoms with Crippen molar-refractivity contribution in [2.45, 2.75) is 45.6 Å². The molecule has 0 radical (unpaired) electrons. The topological polar surface area (TPSA) is 22.1 Å². The lowest BCUT2D eigenvalue weighted by Gasteiger charge is -2.43. The average molecular weight is 492 g/mol. The minimum absolute atomic E-state index is 0.0155. The maximum atomic E-state index is 7.13. The molecule has 1 aromatic heterocycles. The molecule has 0 bridgehead atoms. The highest BCUT2D eigenvalue weighted by Crippen LogP contribution is 2.37. The van der Waals surface area contributed by atoms with Crippen molar-refractivity contribution in [2.75, 3.05) is 6.61 Å². The van der Waals surface area contributed by atoms with E-state index in [-0.39, 0.29) is 5.04 Å². The normalized spacial score (nSPS) is 12.5. The van der Waals surface area contributed by atoms with Crippen LogP contribution in [0.15, 0.2) is 109 Å². The fraction of sp³-hybridized carbons (Fsp3) is 0.242. The summed E-state index contributed by atoms with van der Waals surface area (Å²) in [5.41, 5.74) is 4.86. The molecule has 4 aromatic rings. The Morgan fingerprint density at radius 1 is 0.778 bits per heavy atom. The van der Waals surface area contributed by atoms with Crippen molar-refractivity contribution in [2.24, 2.45) is 0 Å². The molecule has 0 aliphatic rings. The van der Waals surface area contributed by atoms with E-state index in [1.165, 1.54) is 27.1 Å². The van der Waals surface area contributed by atoms with Crippen LogP contribution in [0.4, 0.5) is 0 Å². The number of hydrogen-bond donors (Lipinski definition) is 0. The van der Waals surface area contributed by atoms with Crippen LogP contribution in [-0.2, 0) is 4.43 Å².